The van der Waals surface area contributed by atoms with Gasteiger partial charge in [-0.15, -0.1) is 0 Å². The molecule has 1 aromatic heterocycles. The first-order valence-corrected chi connectivity index (χ1v) is 10.1. The Labute approximate surface area is 164 Å². The zero-order valence-electron chi connectivity index (χ0n) is 15.3. The lowest BCUT2D eigenvalue weighted by atomic mass is 10.1. The molecule has 0 aliphatic carbocycles. The second-order valence-corrected chi connectivity index (χ2v) is 8.25. The molecule has 1 amide bonds. The number of nitrogens with zero attached hydrogens (tertiary/aromatic N) is 2. The molecule has 0 fully saturated rings. The summed E-state index contributed by atoms with van der Waals surface area (Å²) in [7, 11) is -1.49. The molecule has 0 bridgehead atoms. The van der Waals surface area contributed by atoms with Crippen molar-refractivity contribution in [2.45, 2.75) is 11.1 Å². The Kier molecular flexibility index (Phi) is 5.47. The Morgan fingerprint density at radius 1 is 1.10 bits per heavy atom. The highest BCUT2D eigenvalue weighted by molar-refractivity contribution is 7.93. The van der Waals surface area contributed by atoms with E-state index >= 15 is 0 Å². The number of rotatable bonds is 4. The molecule has 1 heterocycles. The lowest BCUT2D eigenvalue weighted by Crippen LogP contribution is -2.05. The number of hydrogen-bond donors (Lipinski definition) is 0. The highest BCUT2D eigenvalue weighted by Crippen LogP contribution is 2.31. The summed E-state index contributed by atoms with van der Waals surface area (Å²) >= 11 is 0. The van der Waals surface area contributed by atoms with Gasteiger partial charge in [0.15, 0.2) is 0 Å². The number of hydrogen-bond acceptors (Lipinski definition) is 5. The minimum Gasteiger partial charge on any atom is -0.497 e. The average molecular weight is 424 g/mol. The molecule has 0 N–H and O–H groups in total. The summed E-state index contributed by atoms with van der Waals surface area (Å²) in [5.41, 5.74) is 0.440. The number of benzene rings is 2. The molecule has 3 rings (SSSR count). The van der Waals surface area contributed by atoms with Crippen molar-refractivity contribution in [1.29, 1.82) is 0 Å². The topological polar surface area (TPSA) is 81.8 Å². The van der Waals surface area contributed by atoms with E-state index in [0.717, 1.165) is 6.26 Å². The average Bonchev–Trinajstić information content (AvgIpc) is 3.18. The molecule has 1 atom stereocenters. The summed E-state index contributed by atoms with van der Waals surface area (Å²) in [6, 6.07) is 11.9. The van der Waals surface area contributed by atoms with E-state index < -0.39 is 27.7 Å². The zero-order valence-corrected chi connectivity index (χ0v) is 16.1. The summed E-state index contributed by atoms with van der Waals surface area (Å²) in [6.07, 6.45) is -2.46. The van der Waals surface area contributed by atoms with Gasteiger partial charge in [-0.2, -0.15) is 17.5 Å². The zero-order chi connectivity index (χ0) is 21.2. The standard InChI is InChI=1S/C19H15F3N2O4S/c1-27-14-7-9-15(10-8-14)29(2,26)24-17(25)13-5-3-12(4-6-13)16-11-28-18(23-16)19(20,21)22/h3-11H,1-2H3. The van der Waals surface area contributed by atoms with Gasteiger partial charge in [-0.05, 0) is 36.4 Å². The van der Waals surface area contributed by atoms with Gasteiger partial charge >= 0.3 is 12.1 Å². The van der Waals surface area contributed by atoms with Crippen molar-refractivity contribution in [3.05, 3.63) is 66.2 Å². The van der Waals surface area contributed by atoms with Crippen molar-refractivity contribution >= 4 is 15.6 Å². The molecule has 0 radical (unpaired) electrons. The van der Waals surface area contributed by atoms with Crippen LogP contribution >= 0.6 is 0 Å². The molecule has 0 saturated heterocycles. The largest absolute Gasteiger partial charge is 0.497 e. The monoisotopic (exact) mass is 424 g/mol. The van der Waals surface area contributed by atoms with E-state index in [1.807, 2.05) is 0 Å². The van der Waals surface area contributed by atoms with E-state index in [2.05, 4.69) is 13.8 Å². The molecule has 6 nitrogen and oxygen atoms in total. The fourth-order valence-electron chi connectivity index (χ4n) is 2.41. The van der Waals surface area contributed by atoms with E-state index in [9.17, 15) is 22.2 Å². The molecule has 0 aliphatic rings. The van der Waals surface area contributed by atoms with Crippen LogP contribution in [0.4, 0.5) is 13.2 Å². The number of carbonyl (C=O) groups excluding carboxylic acids is 1. The number of ether oxygens (including phenoxy) is 1. The Balaban J connectivity index is 1.83. The Morgan fingerprint density at radius 2 is 1.72 bits per heavy atom. The summed E-state index contributed by atoms with van der Waals surface area (Å²) in [5.74, 6) is -1.49. The van der Waals surface area contributed by atoms with Gasteiger partial charge in [0.1, 0.15) is 17.7 Å². The van der Waals surface area contributed by atoms with E-state index in [-0.39, 0.29) is 11.3 Å². The van der Waals surface area contributed by atoms with Crippen LogP contribution in [0.5, 0.6) is 5.75 Å². The predicted octanol–water partition coefficient (Wildman–Crippen LogP) is 4.67. The van der Waals surface area contributed by atoms with E-state index in [1.54, 1.807) is 24.3 Å². The number of halogens is 3. The number of oxazole rings is 1. The van der Waals surface area contributed by atoms with Crippen LogP contribution in [-0.4, -0.2) is 28.5 Å². The molecule has 10 heteroatoms. The third kappa shape index (κ3) is 4.65. The van der Waals surface area contributed by atoms with Crippen LogP contribution < -0.4 is 4.74 Å². The van der Waals surface area contributed by atoms with Crippen molar-refractivity contribution < 1.29 is 31.3 Å². The Hall–Kier alpha value is -3.14. The van der Waals surface area contributed by atoms with Crippen LogP contribution in [0.3, 0.4) is 0 Å². The van der Waals surface area contributed by atoms with Crippen LogP contribution in [0.15, 0.2) is 68.5 Å². The first kappa shape index (κ1) is 20.6. The highest BCUT2D eigenvalue weighted by atomic mass is 32.2. The third-order valence-corrected chi connectivity index (χ3v) is 5.59. The lowest BCUT2D eigenvalue weighted by molar-refractivity contribution is -0.157. The van der Waals surface area contributed by atoms with Gasteiger partial charge in [-0.3, -0.25) is 4.79 Å². The van der Waals surface area contributed by atoms with Crippen LogP contribution in [0, 0.1) is 0 Å². The quantitative estimate of drug-likeness (QED) is 0.608. The molecule has 29 heavy (non-hydrogen) atoms. The highest BCUT2D eigenvalue weighted by Gasteiger charge is 2.37. The minimum atomic E-state index is -4.68. The number of amides is 1. The molecule has 0 aliphatic heterocycles. The number of aromatic nitrogens is 1. The van der Waals surface area contributed by atoms with Gasteiger partial charge in [0.05, 0.1) is 16.8 Å². The lowest BCUT2D eigenvalue weighted by Gasteiger charge is -2.06. The smallest absolute Gasteiger partial charge is 0.468 e. The summed E-state index contributed by atoms with van der Waals surface area (Å²) < 4.78 is 63.8. The summed E-state index contributed by atoms with van der Waals surface area (Å²) in [6.45, 7) is 0. The number of methoxy groups -OCH3 is 1. The van der Waals surface area contributed by atoms with Gasteiger partial charge in [-0.1, -0.05) is 12.1 Å². The second-order valence-electron chi connectivity index (χ2n) is 5.99. The first-order chi connectivity index (χ1) is 13.6. The molecule has 1 unspecified atom stereocenters. The Bertz CT molecular complexity index is 1140. The molecular weight excluding hydrogens is 409 g/mol. The van der Waals surface area contributed by atoms with Crippen molar-refractivity contribution in [1.82, 2.24) is 4.98 Å². The number of alkyl halides is 3. The van der Waals surface area contributed by atoms with Crippen molar-refractivity contribution in [2.75, 3.05) is 13.4 Å². The van der Waals surface area contributed by atoms with Crippen molar-refractivity contribution in [3.8, 4) is 17.0 Å². The van der Waals surface area contributed by atoms with Gasteiger partial charge in [-0.25, -0.2) is 9.19 Å². The Morgan fingerprint density at radius 3 is 2.24 bits per heavy atom. The van der Waals surface area contributed by atoms with Gasteiger partial charge in [0, 0.05) is 22.3 Å². The molecular formula is C19H15F3N2O4S. The molecule has 152 valence electrons. The van der Waals surface area contributed by atoms with Crippen LogP contribution in [0.2, 0.25) is 0 Å². The molecule has 0 saturated carbocycles. The second kappa shape index (κ2) is 7.70. The molecule has 3 aromatic rings. The van der Waals surface area contributed by atoms with E-state index in [0.29, 0.717) is 16.2 Å². The maximum absolute atomic E-state index is 12.8. The van der Waals surface area contributed by atoms with Gasteiger partial charge in [0.25, 0.3) is 5.91 Å². The molecule has 0 spiro atoms. The number of carbonyl (C=O) groups is 1. The maximum Gasteiger partial charge on any atom is 0.468 e. The van der Waals surface area contributed by atoms with Crippen LogP contribution in [0.1, 0.15) is 16.2 Å². The summed E-state index contributed by atoms with van der Waals surface area (Å²) in [5, 5.41) is 0. The minimum absolute atomic E-state index is 0.0224. The normalized spacial score (nSPS) is 13.6. The van der Waals surface area contributed by atoms with Gasteiger partial charge in [0.2, 0.25) is 0 Å². The first-order valence-electron chi connectivity index (χ1n) is 8.14. The predicted molar refractivity (Wildman–Crippen MR) is 99.0 cm³/mol. The molecule has 2 aromatic carbocycles. The van der Waals surface area contributed by atoms with E-state index in [4.69, 9.17) is 4.74 Å². The van der Waals surface area contributed by atoms with E-state index in [1.165, 1.54) is 37.6 Å². The van der Waals surface area contributed by atoms with Gasteiger partial charge < -0.3 is 9.15 Å². The van der Waals surface area contributed by atoms with Crippen molar-refractivity contribution in [2.24, 2.45) is 4.36 Å². The van der Waals surface area contributed by atoms with Crippen molar-refractivity contribution in [3.63, 3.8) is 0 Å². The fourth-order valence-corrected chi connectivity index (χ4v) is 3.58. The van der Waals surface area contributed by atoms with Crippen LogP contribution in [0.25, 0.3) is 11.3 Å². The third-order valence-electron chi connectivity index (χ3n) is 3.93. The maximum atomic E-state index is 12.8. The fraction of sp³-hybridized carbons (Fsp3) is 0.158. The van der Waals surface area contributed by atoms with Crippen LogP contribution in [-0.2, 0) is 15.9 Å². The summed E-state index contributed by atoms with van der Waals surface area (Å²) in [4.78, 5) is 16.1. The SMILES string of the molecule is COc1ccc(S(C)(=O)=NC(=O)c2ccc(-c3coc(C(F)(F)F)n3)cc2)cc1.